The number of hydrogen-bond acceptors (Lipinski definition) is 6. The molecule has 0 spiro atoms. The Bertz CT molecular complexity index is 865. The van der Waals surface area contributed by atoms with E-state index in [1.807, 2.05) is 0 Å². The summed E-state index contributed by atoms with van der Waals surface area (Å²) in [6.45, 7) is 0.236. The van der Waals surface area contributed by atoms with Crippen molar-refractivity contribution in [2.75, 3.05) is 5.73 Å². The molecule has 1 amide bonds. The van der Waals surface area contributed by atoms with E-state index >= 15 is 0 Å². The Morgan fingerprint density at radius 1 is 1.32 bits per heavy atom. The van der Waals surface area contributed by atoms with E-state index in [4.69, 9.17) is 11.5 Å². The topological polar surface area (TPSA) is 113 Å². The van der Waals surface area contributed by atoms with Gasteiger partial charge in [0.15, 0.2) is 5.65 Å². The number of carbonyl (C=O) groups is 1. The minimum absolute atomic E-state index is 0.00784. The second kappa shape index (κ2) is 5.60. The van der Waals surface area contributed by atoms with Crippen molar-refractivity contribution in [1.29, 1.82) is 0 Å². The molecule has 22 heavy (non-hydrogen) atoms. The minimum Gasteiger partial charge on any atom is -0.368 e. The Labute approximate surface area is 128 Å². The molecule has 112 valence electrons. The summed E-state index contributed by atoms with van der Waals surface area (Å²) in [5, 5.41) is -0.342. The molecule has 4 N–H and O–H groups in total. The van der Waals surface area contributed by atoms with Gasteiger partial charge in [0.05, 0.1) is 12.9 Å². The van der Waals surface area contributed by atoms with Crippen molar-refractivity contribution in [3.8, 4) is 0 Å². The van der Waals surface area contributed by atoms with Gasteiger partial charge in [-0.15, -0.1) is 0 Å². The second-order valence-electron chi connectivity index (χ2n) is 4.44. The highest BCUT2D eigenvalue weighted by Gasteiger charge is 2.15. The van der Waals surface area contributed by atoms with Crippen molar-refractivity contribution in [2.45, 2.75) is 11.6 Å². The number of nitrogens with two attached hydrogens (primary N) is 2. The number of nitrogens with zero attached hydrogens (tertiary/aromatic N) is 4. The molecule has 0 atom stereocenters. The van der Waals surface area contributed by atoms with Crippen LogP contribution in [0, 0.1) is 5.82 Å². The van der Waals surface area contributed by atoms with E-state index in [1.165, 1.54) is 12.4 Å². The molecule has 0 bridgehead atoms. The molecule has 2 aromatic heterocycles. The summed E-state index contributed by atoms with van der Waals surface area (Å²) in [6.07, 6.45) is 1.50. The van der Waals surface area contributed by atoms with E-state index in [0.717, 1.165) is 11.8 Å². The van der Waals surface area contributed by atoms with Crippen molar-refractivity contribution < 1.29 is 9.18 Å². The fourth-order valence-electron chi connectivity index (χ4n) is 2.03. The fourth-order valence-corrected chi connectivity index (χ4v) is 2.60. The molecule has 0 saturated heterocycles. The molecule has 0 unspecified atom stereocenters. The number of fused-ring (bicyclic) bond motifs is 1. The molecule has 0 aliphatic heterocycles. The number of imidazole rings is 1. The van der Waals surface area contributed by atoms with Gasteiger partial charge >= 0.3 is 0 Å². The fraction of sp³-hybridized carbons (Fsp3) is 0.0769. The molecule has 1 aromatic carbocycles. The summed E-state index contributed by atoms with van der Waals surface area (Å²) >= 11 is 0.723. The number of thioether (sulfide) groups is 1. The van der Waals surface area contributed by atoms with E-state index in [2.05, 4.69) is 15.0 Å². The Balaban J connectivity index is 2.07. The molecule has 0 fully saturated rings. The Morgan fingerprint density at radius 2 is 2.09 bits per heavy atom. The van der Waals surface area contributed by atoms with E-state index in [9.17, 15) is 9.18 Å². The lowest BCUT2D eigenvalue weighted by Gasteiger charge is -2.06. The van der Waals surface area contributed by atoms with Crippen molar-refractivity contribution >= 4 is 34.1 Å². The van der Waals surface area contributed by atoms with Gasteiger partial charge in [-0.05, 0) is 17.8 Å². The van der Waals surface area contributed by atoms with Crippen LogP contribution in [0.15, 0.2) is 35.6 Å². The smallest absolute Gasteiger partial charge is 0.282 e. The summed E-state index contributed by atoms with van der Waals surface area (Å²) in [5.41, 5.74) is 12.1. The SMILES string of the molecule is NC(=O)Sc1nc(N)nc2c1ncn2Cc1ccccc1F. The average molecular weight is 318 g/mol. The third-order valence-corrected chi connectivity index (χ3v) is 3.62. The van der Waals surface area contributed by atoms with Crippen LogP contribution < -0.4 is 11.5 Å². The first-order valence-corrected chi connectivity index (χ1v) is 7.05. The van der Waals surface area contributed by atoms with Gasteiger partial charge in [-0.2, -0.15) is 4.98 Å². The molecule has 3 rings (SSSR count). The number of anilines is 1. The van der Waals surface area contributed by atoms with Crippen LogP contribution in [0.1, 0.15) is 5.56 Å². The van der Waals surface area contributed by atoms with Crippen LogP contribution in [0.4, 0.5) is 15.1 Å². The van der Waals surface area contributed by atoms with Gasteiger partial charge in [0.2, 0.25) is 5.95 Å². The maximum Gasteiger partial charge on any atom is 0.282 e. The molecule has 0 radical (unpaired) electrons. The maximum absolute atomic E-state index is 13.8. The highest BCUT2D eigenvalue weighted by molar-refractivity contribution is 8.13. The number of carbonyl (C=O) groups excluding carboxylic acids is 1. The molecular weight excluding hydrogens is 307 g/mol. The number of aromatic nitrogens is 4. The van der Waals surface area contributed by atoms with Crippen molar-refractivity contribution in [3.63, 3.8) is 0 Å². The highest BCUT2D eigenvalue weighted by Crippen LogP contribution is 2.25. The van der Waals surface area contributed by atoms with Crippen LogP contribution in [0.2, 0.25) is 0 Å². The lowest BCUT2D eigenvalue weighted by molar-refractivity contribution is 0.267. The lowest BCUT2D eigenvalue weighted by atomic mass is 10.2. The average Bonchev–Trinajstić information content (AvgIpc) is 2.84. The number of hydrogen-bond donors (Lipinski definition) is 2. The van der Waals surface area contributed by atoms with E-state index < -0.39 is 5.24 Å². The quantitative estimate of drug-likeness (QED) is 0.562. The molecular formula is C13H11FN6OS. The summed E-state index contributed by atoms with van der Waals surface area (Å²) in [4.78, 5) is 23.3. The van der Waals surface area contributed by atoms with Crippen molar-refractivity contribution in [2.24, 2.45) is 5.73 Å². The Morgan fingerprint density at radius 3 is 2.82 bits per heavy atom. The van der Waals surface area contributed by atoms with Crippen molar-refractivity contribution in [1.82, 2.24) is 19.5 Å². The first kappa shape index (κ1) is 14.3. The van der Waals surface area contributed by atoms with Gasteiger partial charge in [-0.25, -0.2) is 14.4 Å². The zero-order chi connectivity index (χ0) is 15.7. The van der Waals surface area contributed by atoms with E-state index in [1.54, 1.807) is 22.8 Å². The van der Waals surface area contributed by atoms with E-state index in [0.29, 0.717) is 16.7 Å². The molecule has 3 aromatic rings. The molecule has 0 aliphatic carbocycles. The van der Waals surface area contributed by atoms with Gasteiger partial charge < -0.3 is 16.0 Å². The summed E-state index contributed by atoms with van der Waals surface area (Å²) in [7, 11) is 0. The number of primary amides is 1. The third kappa shape index (κ3) is 2.70. The minimum atomic E-state index is -0.622. The first-order chi connectivity index (χ1) is 10.5. The van der Waals surface area contributed by atoms with Crippen LogP contribution in [0.25, 0.3) is 11.2 Å². The molecule has 7 nitrogen and oxygen atoms in total. The summed E-state index contributed by atoms with van der Waals surface area (Å²) in [5.74, 6) is -0.329. The van der Waals surface area contributed by atoms with Gasteiger partial charge in [-0.3, -0.25) is 4.79 Å². The summed E-state index contributed by atoms with van der Waals surface area (Å²) in [6, 6.07) is 6.42. The van der Waals surface area contributed by atoms with Crippen LogP contribution >= 0.6 is 11.8 Å². The Kier molecular flexibility index (Phi) is 3.63. The normalized spacial score (nSPS) is 11.0. The number of nitrogen functional groups attached to an aromatic ring is 1. The van der Waals surface area contributed by atoms with Crippen LogP contribution in [-0.4, -0.2) is 24.8 Å². The largest absolute Gasteiger partial charge is 0.368 e. The van der Waals surface area contributed by atoms with Gasteiger partial charge in [0.25, 0.3) is 5.24 Å². The van der Waals surface area contributed by atoms with Gasteiger partial charge in [-0.1, -0.05) is 18.2 Å². The lowest BCUT2D eigenvalue weighted by Crippen LogP contribution is -2.06. The molecule has 2 heterocycles. The van der Waals surface area contributed by atoms with Crippen LogP contribution in [0.5, 0.6) is 0 Å². The summed E-state index contributed by atoms with van der Waals surface area (Å²) < 4.78 is 15.4. The van der Waals surface area contributed by atoms with Crippen molar-refractivity contribution in [3.05, 3.63) is 42.0 Å². The van der Waals surface area contributed by atoms with Crippen LogP contribution in [-0.2, 0) is 6.54 Å². The number of halogens is 1. The maximum atomic E-state index is 13.8. The second-order valence-corrected chi connectivity index (χ2v) is 5.44. The van der Waals surface area contributed by atoms with Crippen LogP contribution in [0.3, 0.4) is 0 Å². The molecule has 0 aliphatic rings. The predicted octanol–water partition coefficient (Wildman–Crippen LogP) is 1.77. The Hall–Kier alpha value is -2.68. The monoisotopic (exact) mass is 318 g/mol. The standard InChI is InChI=1S/C13H11FN6OS/c14-8-4-2-1-3-7(8)5-20-6-17-9-10(20)18-12(15)19-11(9)22-13(16)21/h1-4,6H,5H2,(H2,16,21)(H2,15,18,19). The highest BCUT2D eigenvalue weighted by atomic mass is 32.2. The first-order valence-electron chi connectivity index (χ1n) is 6.23. The van der Waals surface area contributed by atoms with Gasteiger partial charge in [0.1, 0.15) is 16.4 Å². The zero-order valence-corrected chi connectivity index (χ0v) is 12.0. The number of benzene rings is 1. The number of rotatable bonds is 3. The zero-order valence-electron chi connectivity index (χ0n) is 11.2. The van der Waals surface area contributed by atoms with E-state index in [-0.39, 0.29) is 23.3 Å². The molecule has 9 heteroatoms. The predicted molar refractivity (Wildman–Crippen MR) is 80.7 cm³/mol. The third-order valence-electron chi connectivity index (χ3n) is 2.94. The van der Waals surface area contributed by atoms with Gasteiger partial charge in [0, 0.05) is 5.56 Å². The molecule has 0 saturated carbocycles. The number of amides is 1.